The molecule has 0 aliphatic carbocycles. The van der Waals surface area contributed by atoms with E-state index in [-0.39, 0.29) is 29.7 Å². The summed E-state index contributed by atoms with van der Waals surface area (Å²) in [4.78, 5) is 42.7. The Balaban J connectivity index is 1.81. The lowest BCUT2D eigenvalue weighted by Gasteiger charge is -2.40. The van der Waals surface area contributed by atoms with Gasteiger partial charge in [0.05, 0.1) is 25.1 Å². The van der Waals surface area contributed by atoms with Crippen LogP contribution in [-0.4, -0.2) is 97.5 Å². The Morgan fingerprint density at radius 1 is 1.11 bits per heavy atom. The molecule has 2 atom stereocenters. The Morgan fingerprint density at radius 3 is 2.44 bits per heavy atom. The fraction of sp³-hybridized carbons (Fsp3) is 0.842. The van der Waals surface area contributed by atoms with Gasteiger partial charge in [0, 0.05) is 45.8 Å². The van der Waals surface area contributed by atoms with Gasteiger partial charge in [0.2, 0.25) is 11.8 Å². The van der Waals surface area contributed by atoms with Crippen LogP contribution in [0.15, 0.2) is 0 Å². The first-order chi connectivity index (χ1) is 13.0. The van der Waals surface area contributed by atoms with Crippen molar-refractivity contribution in [2.75, 3.05) is 59.0 Å². The summed E-state index contributed by atoms with van der Waals surface area (Å²) in [7, 11) is 0. The van der Waals surface area contributed by atoms with Gasteiger partial charge in [-0.1, -0.05) is 0 Å². The van der Waals surface area contributed by atoms with Gasteiger partial charge in [0.25, 0.3) is 0 Å². The number of amides is 2. The third kappa shape index (κ3) is 6.17. The molecule has 2 rings (SSSR count). The number of nitrogens with one attached hydrogen (secondary N) is 1. The largest absolute Gasteiger partial charge is 0.466 e. The van der Waals surface area contributed by atoms with E-state index in [1.54, 1.807) is 6.92 Å². The number of esters is 1. The van der Waals surface area contributed by atoms with Crippen LogP contribution in [0.4, 0.5) is 0 Å². The zero-order valence-corrected chi connectivity index (χ0v) is 16.9. The van der Waals surface area contributed by atoms with Crippen LogP contribution in [0.5, 0.6) is 0 Å². The molecular weight excluding hydrogens is 348 g/mol. The van der Waals surface area contributed by atoms with Crippen molar-refractivity contribution < 1.29 is 19.1 Å². The van der Waals surface area contributed by atoms with Crippen molar-refractivity contribution in [1.82, 2.24) is 20.0 Å². The molecule has 0 aromatic rings. The molecule has 2 amide bonds. The van der Waals surface area contributed by atoms with Gasteiger partial charge in [0.1, 0.15) is 0 Å². The van der Waals surface area contributed by atoms with Crippen molar-refractivity contribution in [3.63, 3.8) is 0 Å². The van der Waals surface area contributed by atoms with E-state index in [2.05, 4.69) is 15.1 Å². The van der Waals surface area contributed by atoms with Crippen molar-refractivity contribution in [2.24, 2.45) is 5.92 Å². The van der Waals surface area contributed by atoms with Crippen LogP contribution >= 0.6 is 0 Å². The zero-order chi connectivity index (χ0) is 19.8. The van der Waals surface area contributed by atoms with Crippen LogP contribution in [0.1, 0.15) is 33.6 Å². The molecule has 0 saturated carbocycles. The Kier molecular flexibility index (Phi) is 8.50. The van der Waals surface area contributed by atoms with E-state index >= 15 is 0 Å². The Hall–Kier alpha value is -1.67. The lowest BCUT2D eigenvalue weighted by molar-refractivity contribution is -0.152. The summed E-state index contributed by atoms with van der Waals surface area (Å²) in [6, 6.07) is -0.211. The van der Waals surface area contributed by atoms with Crippen molar-refractivity contribution in [3.8, 4) is 0 Å². The first-order valence-corrected chi connectivity index (χ1v) is 10.1. The SMILES string of the molecule is CCNC(=O)CN1CCN(C(C)C(=O)N2CCCC(C(=O)OCC)C2)CC1. The number of hydrogen-bond donors (Lipinski definition) is 1. The number of ether oxygens (including phenoxy) is 1. The smallest absolute Gasteiger partial charge is 0.310 e. The predicted octanol–water partition coefficient (Wildman–Crippen LogP) is -0.0697. The molecule has 1 N–H and O–H groups in total. The second-order valence-corrected chi connectivity index (χ2v) is 7.32. The van der Waals surface area contributed by atoms with Crippen LogP contribution in [0.25, 0.3) is 0 Å². The summed E-state index contributed by atoms with van der Waals surface area (Å²) in [5, 5.41) is 2.82. The number of hydrogen-bond acceptors (Lipinski definition) is 6. The normalized spacial score (nSPS) is 22.9. The average molecular weight is 383 g/mol. The van der Waals surface area contributed by atoms with Gasteiger partial charge < -0.3 is 15.0 Å². The molecule has 8 nitrogen and oxygen atoms in total. The number of nitrogens with zero attached hydrogens (tertiary/aromatic N) is 3. The summed E-state index contributed by atoms with van der Waals surface area (Å²) in [6.45, 7) is 11.3. The second kappa shape index (κ2) is 10.6. The molecule has 154 valence electrons. The van der Waals surface area contributed by atoms with Crippen LogP contribution in [0, 0.1) is 5.92 Å². The number of likely N-dealkylation sites (N-methyl/N-ethyl adjacent to an activating group) is 1. The number of piperazine rings is 1. The highest BCUT2D eigenvalue weighted by molar-refractivity contribution is 5.82. The minimum absolute atomic E-state index is 0.0494. The van der Waals surface area contributed by atoms with Gasteiger partial charge in [-0.15, -0.1) is 0 Å². The van der Waals surface area contributed by atoms with Gasteiger partial charge >= 0.3 is 5.97 Å². The average Bonchev–Trinajstić information content (AvgIpc) is 2.68. The van der Waals surface area contributed by atoms with E-state index < -0.39 is 0 Å². The lowest BCUT2D eigenvalue weighted by Crippen LogP contribution is -2.56. The van der Waals surface area contributed by atoms with Crippen LogP contribution in [0.3, 0.4) is 0 Å². The molecule has 0 bridgehead atoms. The molecule has 2 heterocycles. The van der Waals surface area contributed by atoms with Crippen molar-refractivity contribution in [2.45, 2.75) is 39.7 Å². The highest BCUT2D eigenvalue weighted by Gasteiger charge is 2.34. The quantitative estimate of drug-likeness (QED) is 0.621. The van der Waals surface area contributed by atoms with Gasteiger partial charge in [-0.3, -0.25) is 24.2 Å². The van der Waals surface area contributed by atoms with E-state index in [1.165, 1.54) is 0 Å². The standard InChI is InChI=1S/C19H34N4O4/c1-4-20-17(24)14-21-9-11-22(12-10-21)15(3)18(25)23-8-6-7-16(13-23)19(26)27-5-2/h15-16H,4-14H2,1-3H3,(H,20,24). The highest BCUT2D eigenvalue weighted by atomic mass is 16.5. The minimum atomic E-state index is -0.211. The topological polar surface area (TPSA) is 82.2 Å². The van der Waals surface area contributed by atoms with E-state index in [0.717, 1.165) is 39.0 Å². The van der Waals surface area contributed by atoms with Crippen LogP contribution in [0.2, 0.25) is 0 Å². The summed E-state index contributed by atoms with van der Waals surface area (Å²) in [5.41, 5.74) is 0. The number of likely N-dealkylation sites (tertiary alicyclic amines) is 1. The van der Waals surface area contributed by atoms with E-state index in [9.17, 15) is 14.4 Å². The number of carbonyl (C=O) groups is 3. The fourth-order valence-corrected chi connectivity index (χ4v) is 3.82. The van der Waals surface area contributed by atoms with Crippen molar-refractivity contribution in [1.29, 1.82) is 0 Å². The molecule has 8 heteroatoms. The summed E-state index contributed by atoms with van der Waals surface area (Å²) < 4.78 is 5.12. The lowest BCUT2D eigenvalue weighted by atomic mass is 9.97. The summed E-state index contributed by atoms with van der Waals surface area (Å²) >= 11 is 0. The van der Waals surface area contributed by atoms with Crippen molar-refractivity contribution >= 4 is 17.8 Å². The van der Waals surface area contributed by atoms with Crippen molar-refractivity contribution in [3.05, 3.63) is 0 Å². The third-order valence-corrected chi connectivity index (χ3v) is 5.41. The first kappa shape index (κ1) is 21.6. The molecule has 2 fully saturated rings. The molecule has 27 heavy (non-hydrogen) atoms. The monoisotopic (exact) mass is 382 g/mol. The molecule has 0 aromatic carbocycles. The third-order valence-electron chi connectivity index (χ3n) is 5.41. The number of carbonyl (C=O) groups excluding carboxylic acids is 3. The molecular formula is C19H34N4O4. The number of rotatable bonds is 7. The van der Waals surface area contributed by atoms with E-state index in [0.29, 0.717) is 32.8 Å². The van der Waals surface area contributed by atoms with Gasteiger partial charge in [0.15, 0.2) is 0 Å². The molecule has 0 spiro atoms. The molecule has 2 unspecified atom stereocenters. The molecule has 0 aromatic heterocycles. The van der Waals surface area contributed by atoms with E-state index in [1.807, 2.05) is 18.7 Å². The van der Waals surface area contributed by atoms with Gasteiger partial charge in [-0.05, 0) is 33.6 Å². The maximum Gasteiger partial charge on any atom is 0.310 e. The molecule has 2 saturated heterocycles. The van der Waals surface area contributed by atoms with E-state index in [4.69, 9.17) is 4.74 Å². The minimum Gasteiger partial charge on any atom is -0.466 e. The maximum atomic E-state index is 12.9. The first-order valence-electron chi connectivity index (χ1n) is 10.1. The summed E-state index contributed by atoms with van der Waals surface area (Å²) in [6.07, 6.45) is 1.62. The van der Waals surface area contributed by atoms with Gasteiger partial charge in [-0.25, -0.2) is 0 Å². The maximum absolute atomic E-state index is 12.9. The predicted molar refractivity (Wildman–Crippen MR) is 102 cm³/mol. The Bertz CT molecular complexity index is 520. The van der Waals surface area contributed by atoms with Crippen LogP contribution < -0.4 is 5.32 Å². The second-order valence-electron chi connectivity index (χ2n) is 7.32. The Labute approximate surface area is 162 Å². The molecule has 2 aliphatic rings. The Morgan fingerprint density at radius 2 is 1.81 bits per heavy atom. The number of piperidine rings is 1. The fourth-order valence-electron chi connectivity index (χ4n) is 3.82. The van der Waals surface area contributed by atoms with Gasteiger partial charge in [-0.2, -0.15) is 0 Å². The zero-order valence-electron chi connectivity index (χ0n) is 16.9. The highest BCUT2D eigenvalue weighted by Crippen LogP contribution is 2.20. The summed E-state index contributed by atoms with van der Waals surface area (Å²) in [5.74, 6) is -0.264. The molecule has 2 aliphatic heterocycles. The van der Waals surface area contributed by atoms with Crippen LogP contribution in [-0.2, 0) is 19.1 Å². The molecule has 0 radical (unpaired) electrons.